The van der Waals surface area contributed by atoms with Crippen LogP contribution in [0.4, 0.5) is 0 Å². The van der Waals surface area contributed by atoms with Crippen molar-refractivity contribution in [3.8, 4) is 0 Å². The second-order valence-corrected chi connectivity index (χ2v) is 8.43. The molecule has 2 saturated carbocycles. The summed E-state index contributed by atoms with van der Waals surface area (Å²) >= 11 is 0. The van der Waals surface area contributed by atoms with E-state index in [1.807, 2.05) is 6.08 Å². The van der Waals surface area contributed by atoms with E-state index >= 15 is 0 Å². The number of nitrogens with zero attached hydrogens (tertiary/aromatic N) is 4. The third-order valence-electron chi connectivity index (χ3n) is 6.94. The number of aliphatic imine (C=N–C) groups is 4. The Morgan fingerprint density at radius 1 is 0.633 bits per heavy atom. The number of hydrogen-bond donors (Lipinski definition) is 0. The average molecular weight is 415 g/mol. The van der Waals surface area contributed by atoms with Crippen molar-refractivity contribution in [2.24, 2.45) is 31.8 Å². The topological polar surface area (TPSA) is 118 Å². The summed E-state index contributed by atoms with van der Waals surface area (Å²) in [7, 11) is 0. The Bertz CT molecular complexity index is 690. The molecule has 0 atom stereocenters. The first-order valence-electron chi connectivity index (χ1n) is 11.0. The fourth-order valence-electron chi connectivity index (χ4n) is 5.45. The van der Waals surface area contributed by atoms with E-state index in [1.54, 1.807) is 18.2 Å². The lowest BCUT2D eigenvalue weighted by molar-refractivity contribution is 0.0890. The van der Waals surface area contributed by atoms with Crippen molar-refractivity contribution in [1.29, 1.82) is 0 Å². The van der Waals surface area contributed by atoms with Gasteiger partial charge in [-0.05, 0) is 76.0 Å². The molecular weight excluding hydrogens is 384 g/mol. The summed E-state index contributed by atoms with van der Waals surface area (Å²) in [5, 5.41) is 0. The number of hydrogen-bond acceptors (Lipinski definition) is 8. The third-order valence-corrected chi connectivity index (χ3v) is 6.94. The first kappa shape index (κ1) is 23.8. The minimum atomic E-state index is -0.485. The van der Waals surface area contributed by atoms with Gasteiger partial charge < -0.3 is 0 Å². The largest absolute Gasteiger partial charge is 0.235 e. The van der Waals surface area contributed by atoms with Crippen LogP contribution in [0.15, 0.2) is 20.0 Å². The highest BCUT2D eigenvalue weighted by molar-refractivity contribution is 5.36. The summed E-state index contributed by atoms with van der Waals surface area (Å²) in [5.41, 5.74) is -0.485. The minimum Gasteiger partial charge on any atom is -0.211 e. The molecule has 2 aliphatic rings. The van der Waals surface area contributed by atoms with Crippen molar-refractivity contribution in [3.05, 3.63) is 0 Å². The van der Waals surface area contributed by atoms with Crippen molar-refractivity contribution < 1.29 is 19.2 Å². The Morgan fingerprint density at radius 2 is 1.17 bits per heavy atom. The Morgan fingerprint density at radius 3 is 1.60 bits per heavy atom. The zero-order valence-corrected chi connectivity index (χ0v) is 17.4. The molecule has 8 heteroatoms. The summed E-state index contributed by atoms with van der Waals surface area (Å²) in [6, 6.07) is 0.0195. The lowest BCUT2D eigenvalue weighted by Crippen LogP contribution is -2.47. The predicted molar refractivity (Wildman–Crippen MR) is 110 cm³/mol. The van der Waals surface area contributed by atoms with Gasteiger partial charge in [-0.25, -0.2) is 34.2 Å². The molecule has 0 N–H and O–H groups in total. The lowest BCUT2D eigenvalue weighted by atomic mass is 9.61. The predicted octanol–water partition coefficient (Wildman–Crippen LogP) is 3.75. The van der Waals surface area contributed by atoms with Crippen molar-refractivity contribution in [2.45, 2.75) is 94.7 Å². The standard InChI is InChI=1S/C22H30N4O4/c27-14-23-13-3-1-2-12-22(26-17-30,18-4-8-20(9-5-18)24-15-28)19-6-10-21(11-7-19)25-16-29/h18-21H,1-13H2. The number of rotatable bonds is 11. The lowest BCUT2D eigenvalue weighted by Gasteiger charge is -2.47. The Hall–Kier alpha value is -2.48. The van der Waals surface area contributed by atoms with Gasteiger partial charge in [0.25, 0.3) is 0 Å². The van der Waals surface area contributed by atoms with Crippen molar-refractivity contribution >= 4 is 24.3 Å². The number of unbranched alkanes of at least 4 members (excludes halogenated alkanes) is 2. The van der Waals surface area contributed by atoms with E-state index in [1.165, 1.54) is 0 Å². The Balaban J connectivity index is 2.15. The van der Waals surface area contributed by atoms with Crippen LogP contribution in [0.1, 0.15) is 77.0 Å². The van der Waals surface area contributed by atoms with Gasteiger partial charge in [-0.2, -0.15) is 4.99 Å². The summed E-state index contributed by atoms with van der Waals surface area (Å²) in [6.45, 7) is 0.469. The van der Waals surface area contributed by atoms with Crippen LogP contribution in [-0.4, -0.2) is 48.5 Å². The summed E-state index contributed by atoms with van der Waals surface area (Å²) in [5.74, 6) is 0.474. The zero-order chi connectivity index (χ0) is 21.7. The molecule has 0 radical (unpaired) electrons. The Labute approximate surface area is 177 Å². The van der Waals surface area contributed by atoms with Crippen LogP contribution in [0, 0.1) is 11.8 Å². The summed E-state index contributed by atoms with van der Waals surface area (Å²) in [4.78, 5) is 58.8. The molecule has 0 aromatic heterocycles. The minimum absolute atomic E-state index is 0.00975. The van der Waals surface area contributed by atoms with Gasteiger partial charge in [-0.15, -0.1) is 0 Å². The summed E-state index contributed by atoms with van der Waals surface area (Å²) < 4.78 is 0. The molecule has 0 unspecified atom stereocenters. The molecule has 0 bridgehead atoms. The maximum absolute atomic E-state index is 11.5. The fraction of sp³-hybridized carbons (Fsp3) is 0.818. The van der Waals surface area contributed by atoms with Gasteiger partial charge in [-0.3, -0.25) is 0 Å². The van der Waals surface area contributed by atoms with Crippen molar-refractivity contribution in [2.75, 3.05) is 6.54 Å². The number of isocyanates is 4. The van der Waals surface area contributed by atoms with Gasteiger partial charge in [0, 0.05) is 0 Å². The molecule has 0 aromatic rings. The van der Waals surface area contributed by atoms with Gasteiger partial charge in [0.1, 0.15) is 0 Å². The van der Waals surface area contributed by atoms with Crippen LogP contribution >= 0.6 is 0 Å². The van der Waals surface area contributed by atoms with E-state index < -0.39 is 5.54 Å². The van der Waals surface area contributed by atoms with E-state index in [-0.39, 0.29) is 23.9 Å². The monoisotopic (exact) mass is 414 g/mol. The fourth-order valence-corrected chi connectivity index (χ4v) is 5.45. The number of carbonyl (C=O) groups excluding carboxylic acids is 4. The smallest absolute Gasteiger partial charge is 0.211 e. The molecule has 8 nitrogen and oxygen atoms in total. The second-order valence-electron chi connectivity index (χ2n) is 8.43. The SMILES string of the molecule is O=C=NCCCCCC(N=C=O)(C1CCC(N=C=O)CC1)C1CCC(N=C=O)CC1. The molecule has 30 heavy (non-hydrogen) atoms. The van der Waals surface area contributed by atoms with Gasteiger partial charge in [0.05, 0.1) is 24.2 Å². The van der Waals surface area contributed by atoms with Crippen LogP contribution < -0.4 is 0 Å². The highest BCUT2D eigenvalue weighted by Gasteiger charge is 2.47. The first-order chi connectivity index (χ1) is 14.7. The van der Waals surface area contributed by atoms with Gasteiger partial charge >= 0.3 is 0 Å². The van der Waals surface area contributed by atoms with Gasteiger partial charge in [0.15, 0.2) is 0 Å². The second kappa shape index (κ2) is 13.0. The van der Waals surface area contributed by atoms with Gasteiger partial charge in [-0.1, -0.05) is 12.8 Å². The highest BCUT2D eigenvalue weighted by atomic mass is 16.1. The quantitative estimate of drug-likeness (QED) is 0.291. The van der Waals surface area contributed by atoms with Crippen LogP contribution in [0.5, 0.6) is 0 Å². The Kier molecular flexibility index (Phi) is 10.3. The van der Waals surface area contributed by atoms with Crippen molar-refractivity contribution in [3.63, 3.8) is 0 Å². The van der Waals surface area contributed by atoms with E-state index in [0.717, 1.165) is 77.0 Å². The molecule has 2 rings (SSSR count). The maximum Gasteiger partial charge on any atom is 0.235 e. The molecule has 0 heterocycles. The molecule has 0 spiro atoms. The van der Waals surface area contributed by atoms with Crippen molar-refractivity contribution in [1.82, 2.24) is 0 Å². The maximum atomic E-state index is 11.5. The normalized spacial score (nSPS) is 27.9. The van der Waals surface area contributed by atoms with E-state index in [4.69, 9.17) is 0 Å². The highest BCUT2D eigenvalue weighted by Crippen LogP contribution is 2.48. The molecule has 2 fully saturated rings. The third kappa shape index (κ3) is 6.52. The molecule has 0 aliphatic heterocycles. The summed E-state index contributed by atoms with van der Waals surface area (Å²) in [6.07, 6.45) is 16.8. The molecule has 0 saturated heterocycles. The van der Waals surface area contributed by atoms with Crippen LogP contribution in [0.2, 0.25) is 0 Å². The molecule has 0 amide bonds. The first-order valence-corrected chi connectivity index (χ1v) is 11.0. The van der Waals surface area contributed by atoms with E-state index in [2.05, 4.69) is 20.0 Å². The molecular formula is C22H30N4O4. The average Bonchev–Trinajstić information content (AvgIpc) is 2.77. The van der Waals surface area contributed by atoms with Gasteiger partial charge in [0.2, 0.25) is 24.3 Å². The van der Waals surface area contributed by atoms with Crippen LogP contribution in [-0.2, 0) is 19.2 Å². The van der Waals surface area contributed by atoms with Crippen LogP contribution in [0.3, 0.4) is 0 Å². The van der Waals surface area contributed by atoms with E-state index in [9.17, 15) is 19.2 Å². The van der Waals surface area contributed by atoms with Crippen LogP contribution in [0.25, 0.3) is 0 Å². The molecule has 2 aliphatic carbocycles. The molecule has 0 aromatic carbocycles. The zero-order valence-electron chi connectivity index (χ0n) is 17.4. The van der Waals surface area contributed by atoms with E-state index in [0.29, 0.717) is 6.54 Å². The molecule has 162 valence electrons.